The lowest BCUT2D eigenvalue weighted by Crippen LogP contribution is -2.27. The monoisotopic (exact) mass is 439 g/mol. The molecule has 0 unspecified atom stereocenters. The number of imide groups is 1. The number of pyridine rings is 1. The Hall–Kier alpha value is -3.40. The van der Waals surface area contributed by atoms with Crippen molar-refractivity contribution in [3.63, 3.8) is 0 Å². The van der Waals surface area contributed by atoms with Crippen LogP contribution < -0.4 is 10.1 Å². The average Bonchev–Trinajstić information content (AvgIpc) is 3.21. The van der Waals surface area contributed by atoms with E-state index in [0.29, 0.717) is 17.2 Å². The molecule has 0 bridgehead atoms. The fourth-order valence-corrected chi connectivity index (χ4v) is 4.12. The molecule has 1 aliphatic heterocycles. The molecule has 0 saturated carbocycles. The van der Waals surface area contributed by atoms with E-state index in [1.54, 1.807) is 36.0 Å². The highest BCUT2D eigenvalue weighted by Crippen LogP contribution is 2.27. The number of carbonyl (C=O) groups is 3. The largest absolute Gasteiger partial charge is 0.466 e. The zero-order valence-electron chi connectivity index (χ0n) is 17.3. The Morgan fingerprint density at radius 1 is 1.23 bits per heavy atom. The summed E-state index contributed by atoms with van der Waals surface area (Å²) in [6, 6.07) is 8.92. The van der Waals surface area contributed by atoms with E-state index in [-0.39, 0.29) is 36.0 Å². The molecule has 0 radical (unpaired) electrons. The van der Waals surface area contributed by atoms with E-state index >= 15 is 0 Å². The Labute approximate surface area is 182 Å². The van der Waals surface area contributed by atoms with Crippen LogP contribution in [0.2, 0.25) is 0 Å². The van der Waals surface area contributed by atoms with E-state index in [2.05, 4.69) is 15.4 Å². The lowest BCUT2D eigenvalue weighted by molar-refractivity contribution is -0.125. The van der Waals surface area contributed by atoms with Gasteiger partial charge in [0.25, 0.3) is 11.1 Å². The van der Waals surface area contributed by atoms with Gasteiger partial charge >= 0.3 is 0 Å². The number of ether oxygens (including phenoxy) is 1. The molecule has 1 fully saturated rings. The van der Waals surface area contributed by atoms with Crippen LogP contribution >= 0.6 is 11.8 Å². The van der Waals surface area contributed by atoms with Gasteiger partial charge in [-0.3, -0.25) is 19.3 Å². The van der Waals surface area contributed by atoms with Crippen LogP contribution in [0.1, 0.15) is 16.8 Å². The van der Waals surface area contributed by atoms with Gasteiger partial charge in [0.2, 0.25) is 11.8 Å². The minimum atomic E-state index is -0.328. The second-order valence-electron chi connectivity index (χ2n) is 7.28. The molecule has 9 nitrogen and oxygen atoms in total. The van der Waals surface area contributed by atoms with Crippen molar-refractivity contribution in [2.75, 3.05) is 17.7 Å². The molecule has 10 heteroatoms. The van der Waals surface area contributed by atoms with Crippen LogP contribution in [0.4, 0.5) is 10.5 Å². The molecule has 1 saturated heterocycles. The topological polar surface area (TPSA) is 106 Å². The second-order valence-corrected chi connectivity index (χ2v) is 8.20. The van der Waals surface area contributed by atoms with Gasteiger partial charge < -0.3 is 10.1 Å². The summed E-state index contributed by atoms with van der Waals surface area (Å²) in [5.74, 6) is 0.0387. The normalized spacial score (nSPS) is 13.8. The number of benzene rings is 1. The predicted molar refractivity (Wildman–Crippen MR) is 117 cm³/mol. The summed E-state index contributed by atoms with van der Waals surface area (Å²) in [4.78, 5) is 41.4. The maximum atomic E-state index is 12.3. The second kappa shape index (κ2) is 8.38. The molecule has 1 aromatic carbocycles. The summed E-state index contributed by atoms with van der Waals surface area (Å²) in [7, 11) is 1.78. The number of thioether (sulfide) groups is 1. The Morgan fingerprint density at radius 3 is 2.65 bits per heavy atom. The van der Waals surface area contributed by atoms with E-state index in [9.17, 15) is 14.4 Å². The van der Waals surface area contributed by atoms with Gasteiger partial charge in [-0.15, -0.1) is 5.10 Å². The molecule has 160 valence electrons. The minimum Gasteiger partial charge on any atom is -0.466 e. The Bertz CT molecular complexity index is 1170. The highest BCUT2D eigenvalue weighted by Gasteiger charge is 2.29. The number of hydrogen-bond donors (Lipinski definition) is 1. The smallest absolute Gasteiger partial charge is 0.289 e. The number of aryl methyl sites for hydroxylation is 3. The van der Waals surface area contributed by atoms with Crippen molar-refractivity contribution in [2.45, 2.75) is 20.4 Å². The van der Waals surface area contributed by atoms with E-state index in [0.717, 1.165) is 34.0 Å². The third-order valence-corrected chi connectivity index (χ3v) is 5.70. The number of nitrogens with zero attached hydrogens (tertiary/aromatic N) is 4. The number of rotatable bonds is 6. The molecule has 0 atom stereocenters. The maximum absolute atomic E-state index is 12.3. The summed E-state index contributed by atoms with van der Waals surface area (Å²) < 4.78 is 7.30. The zero-order valence-corrected chi connectivity index (χ0v) is 18.2. The van der Waals surface area contributed by atoms with E-state index in [1.165, 1.54) is 4.90 Å². The zero-order chi connectivity index (χ0) is 22.1. The number of carbonyl (C=O) groups excluding carboxylic acids is 3. The molecule has 3 aromatic rings. The van der Waals surface area contributed by atoms with Gasteiger partial charge in [0.15, 0.2) is 12.3 Å². The Morgan fingerprint density at radius 2 is 1.97 bits per heavy atom. The number of hydrogen-bond acceptors (Lipinski definition) is 7. The Kier molecular flexibility index (Phi) is 5.64. The highest BCUT2D eigenvalue weighted by molar-refractivity contribution is 8.14. The van der Waals surface area contributed by atoms with Gasteiger partial charge in [0, 0.05) is 18.4 Å². The van der Waals surface area contributed by atoms with Crippen LogP contribution in [0.15, 0.2) is 30.3 Å². The number of aromatic nitrogens is 3. The summed E-state index contributed by atoms with van der Waals surface area (Å²) in [6.07, 6.45) is 0. The van der Waals surface area contributed by atoms with Crippen molar-refractivity contribution in [1.82, 2.24) is 19.7 Å². The fourth-order valence-electron chi connectivity index (χ4n) is 3.39. The number of nitrogens with one attached hydrogen (secondary N) is 1. The van der Waals surface area contributed by atoms with Crippen LogP contribution in [0.5, 0.6) is 5.88 Å². The lowest BCUT2D eigenvalue weighted by Gasteiger charge is -2.13. The van der Waals surface area contributed by atoms with Crippen molar-refractivity contribution in [3.05, 3.63) is 47.2 Å². The SMILES string of the molecule is Cc1cc(C)c2c(OCC(=O)Nc3ccc(CN4C(=O)CSC4=O)cc3)nn(C)c2n1. The first kappa shape index (κ1) is 20.9. The van der Waals surface area contributed by atoms with Crippen LogP contribution in [0.25, 0.3) is 11.0 Å². The van der Waals surface area contributed by atoms with E-state index in [4.69, 9.17) is 4.74 Å². The molecule has 0 aliphatic carbocycles. The first-order chi connectivity index (χ1) is 14.8. The van der Waals surface area contributed by atoms with Crippen molar-refractivity contribution in [3.8, 4) is 5.88 Å². The van der Waals surface area contributed by atoms with Crippen molar-refractivity contribution in [2.24, 2.45) is 7.05 Å². The molecule has 1 aliphatic rings. The highest BCUT2D eigenvalue weighted by atomic mass is 32.2. The molecule has 3 heterocycles. The predicted octanol–water partition coefficient (Wildman–Crippen LogP) is 2.80. The number of amides is 3. The summed E-state index contributed by atoms with van der Waals surface area (Å²) in [5.41, 5.74) is 3.96. The third kappa shape index (κ3) is 4.38. The molecule has 2 aromatic heterocycles. The standard InChI is InChI=1S/C21H21N5O4S/c1-12-8-13(2)22-19-18(12)20(24-25(19)3)30-10-16(27)23-15-6-4-14(5-7-15)9-26-17(28)11-31-21(26)29/h4-8H,9-11H2,1-3H3,(H,23,27). The molecule has 3 amide bonds. The van der Waals surface area contributed by atoms with Crippen LogP contribution in [-0.4, -0.2) is 49.1 Å². The average molecular weight is 439 g/mol. The Balaban J connectivity index is 1.37. The van der Waals surface area contributed by atoms with Gasteiger partial charge in [-0.25, -0.2) is 9.67 Å². The number of fused-ring (bicyclic) bond motifs is 1. The van der Waals surface area contributed by atoms with Crippen molar-refractivity contribution >= 4 is 45.5 Å². The molecule has 4 rings (SSSR count). The first-order valence-corrected chi connectivity index (χ1v) is 10.6. The molecule has 1 N–H and O–H groups in total. The molecule has 31 heavy (non-hydrogen) atoms. The maximum Gasteiger partial charge on any atom is 0.289 e. The van der Waals surface area contributed by atoms with Crippen molar-refractivity contribution < 1.29 is 19.1 Å². The minimum absolute atomic E-state index is 0.188. The summed E-state index contributed by atoms with van der Waals surface area (Å²) in [6.45, 7) is 3.89. The quantitative estimate of drug-likeness (QED) is 0.629. The lowest BCUT2D eigenvalue weighted by atomic mass is 10.2. The van der Waals surface area contributed by atoms with Gasteiger partial charge in [0.1, 0.15) is 0 Å². The molecular formula is C21H21N5O4S. The van der Waals surface area contributed by atoms with Crippen LogP contribution in [0.3, 0.4) is 0 Å². The van der Waals surface area contributed by atoms with Crippen molar-refractivity contribution in [1.29, 1.82) is 0 Å². The van der Waals surface area contributed by atoms with Gasteiger partial charge in [0.05, 0.1) is 17.7 Å². The fraction of sp³-hybridized carbons (Fsp3) is 0.286. The van der Waals surface area contributed by atoms with Crippen LogP contribution in [0, 0.1) is 13.8 Å². The molecular weight excluding hydrogens is 418 g/mol. The van der Waals surface area contributed by atoms with Crippen LogP contribution in [-0.2, 0) is 23.2 Å². The van der Waals surface area contributed by atoms with Gasteiger partial charge in [-0.1, -0.05) is 23.9 Å². The number of anilines is 1. The van der Waals surface area contributed by atoms with E-state index in [1.807, 2.05) is 19.9 Å². The van der Waals surface area contributed by atoms with E-state index < -0.39 is 0 Å². The first-order valence-electron chi connectivity index (χ1n) is 9.61. The molecule has 0 spiro atoms. The summed E-state index contributed by atoms with van der Waals surface area (Å²) >= 11 is 1.01. The van der Waals surface area contributed by atoms with Gasteiger partial charge in [-0.05, 0) is 43.2 Å². The third-order valence-electron chi connectivity index (χ3n) is 4.85. The summed E-state index contributed by atoms with van der Waals surface area (Å²) in [5, 5.41) is 7.65. The van der Waals surface area contributed by atoms with Gasteiger partial charge in [-0.2, -0.15) is 0 Å².